The largest absolute Gasteiger partial charge is 0.386 e. The third-order valence-corrected chi connectivity index (χ3v) is 8.25. The third-order valence-electron chi connectivity index (χ3n) is 8.25. The normalized spacial score (nSPS) is 26.0. The average molecular weight is 486 g/mol. The van der Waals surface area contributed by atoms with Crippen LogP contribution in [0.1, 0.15) is 48.1 Å². The molecule has 1 fully saturated rings. The lowest BCUT2D eigenvalue weighted by molar-refractivity contribution is -0.146. The van der Waals surface area contributed by atoms with Crippen LogP contribution in [-0.2, 0) is 15.2 Å². The number of carbonyl (C=O) groups is 2. The van der Waals surface area contributed by atoms with Gasteiger partial charge < -0.3 is 20.0 Å². The van der Waals surface area contributed by atoms with E-state index in [4.69, 9.17) is 0 Å². The quantitative estimate of drug-likeness (QED) is 0.593. The van der Waals surface area contributed by atoms with Crippen LogP contribution in [-0.4, -0.2) is 65.1 Å². The second-order valence-electron chi connectivity index (χ2n) is 10.5. The number of aliphatic hydroxyl groups is 2. The van der Waals surface area contributed by atoms with Gasteiger partial charge in [-0.1, -0.05) is 54.6 Å². The highest BCUT2D eigenvalue weighted by Crippen LogP contribution is 2.49. The Bertz CT molecular complexity index is 1360. The van der Waals surface area contributed by atoms with Gasteiger partial charge in [0, 0.05) is 38.8 Å². The predicted octanol–water partition coefficient (Wildman–Crippen LogP) is 3.11. The molecular weight excluding hydrogens is 454 g/mol. The van der Waals surface area contributed by atoms with E-state index in [1.807, 2.05) is 24.3 Å². The molecule has 2 aliphatic heterocycles. The van der Waals surface area contributed by atoms with Gasteiger partial charge >= 0.3 is 0 Å². The Labute approximate surface area is 210 Å². The Morgan fingerprint density at radius 3 is 2.36 bits per heavy atom. The van der Waals surface area contributed by atoms with E-state index in [9.17, 15) is 19.8 Å². The number of rotatable bonds is 4. The van der Waals surface area contributed by atoms with E-state index in [1.165, 1.54) is 4.90 Å². The van der Waals surface area contributed by atoms with Crippen LogP contribution in [0, 0.1) is 0 Å². The van der Waals surface area contributed by atoms with Crippen molar-refractivity contribution in [3.05, 3.63) is 77.4 Å². The molecule has 7 nitrogen and oxygen atoms in total. The van der Waals surface area contributed by atoms with Gasteiger partial charge in [0.1, 0.15) is 0 Å². The number of hydrogen-bond donors (Lipinski definition) is 2. The van der Waals surface area contributed by atoms with Crippen LogP contribution in [0.2, 0.25) is 0 Å². The van der Waals surface area contributed by atoms with Crippen molar-refractivity contribution in [2.24, 2.45) is 0 Å². The molecule has 0 spiro atoms. The monoisotopic (exact) mass is 485 g/mol. The van der Waals surface area contributed by atoms with Crippen LogP contribution in [0.4, 0.5) is 5.69 Å². The Balaban J connectivity index is 1.25. The van der Waals surface area contributed by atoms with Crippen molar-refractivity contribution in [1.82, 2.24) is 9.80 Å². The van der Waals surface area contributed by atoms with E-state index in [0.717, 1.165) is 35.0 Å². The second-order valence-corrected chi connectivity index (χ2v) is 10.5. The first-order valence-corrected chi connectivity index (χ1v) is 12.6. The fourth-order valence-electron chi connectivity index (χ4n) is 6.42. The molecule has 3 aromatic rings. The summed E-state index contributed by atoms with van der Waals surface area (Å²) in [5, 5.41) is 25.0. The first kappa shape index (κ1) is 23.2. The van der Waals surface area contributed by atoms with Gasteiger partial charge in [0.15, 0.2) is 5.60 Å². The molecule has 3 aromatic carbocycles. The predicted molar refractivity (Wildman–Crippen MR) is 137 cm³/mol. The van der Waals surface area contributed by atoms with Crippen molar-refractivity contribution >= 4 is 28.3 Å². The van der Waals surface area contributed by atoms with Crippen LogP contribution in [0.3, 0.4) is 0 Å². The first-order valence-electron chi connectivity index (χ1n) is 12.6. The van der Waals surface area contributed by atoms with Gasteiger partial charge in [-0.15, -0.1) is 0 Å². The van der Waals surface area contributed by atoms with Crippen molar-refractivity contribution in [2.75, 3.05) is 32.1 Å². The fourth-order valence-corrected chi connectivity index (χ4v) is 6.42. The summed E-state index contributed by atoms with van der Waals surface area (Å²) in [4.78, 5) is 31.6. The van der Waals surface area contributed by atoms with Crippen molar-refractivity contribution in [2.45, 2.75) is 43.1 Å². The molecule has 2 heterocycles. The zero-order valence-electron chi connectivity index (χ0n) is 20.6. The number of piperidine rings is 1. The standard InChI is InChI=1S/C29H31N3O4/c1-30(2)24(33)17-29(36)22-11-3-4-12-23(22)32(28(29)35)19-13-15-31(16-14-19)26-20-9-5-7-18-8-6-10-21(25(18)20)27(26)34/h3-12,19,26-27,34,36H,13-17H2,1-2H3/t26?,27-,29?/m0/s1. The lowest BCUT2D eigenvalue weighted by Crippen LogP contribution is -2.51. The molecule has 0 bridgehead atoms. The van der Waals surface area contributed by atoms with Gasteiger partial charge in [0.25, 0.3) is 5.91 Å². The topological polar surface area (TPSA) is 84.3 Å². The maximum atomic E-state index is 13.7. The molecule has 7 heteroatoms. The van der Waals surface area contributed by atoms with E-state index < -0.39 is 17.6 Å². The lowest BCUT2D eigenvalue weighted by Gasteiger charge is -2.41. The van der Waals surface area contributed by atoms with E-state index in [0.29, 0.717) is 24.1 Å². The fraction of sp³-hybridized carbons (Fsp3) is 0.379. The number of anilines is 1. The summed E-state index contributed by atoms with van der Waals surface area (Å²) in [7, 11) is 3.25. The molecule has 0 aromatic heterocycles. The summed E-state index contributed by atoms with van der Waals surface area (Å²) in [6.07, 6.45) is 0.571. The molecular formula is C29H31N3O4. The number of carbonyl (C=O) groups excluding carboxylic acids is 2. The summed E-state index contributed by atoms with van der Waals surface area (Å²) < 4.78 is 0. The van der Waals surface area contributed by atoms with Gasteiger partial charge in [-0.2, -0.15) is 0 Å². The highest BCUT2D eigenvalue weighted by molar-refractivity contribution is 6.09. The van der Waals surface area contributed by atoms with E-state index in [-0.39, 0.29) is 24.4 Å². The number of para-hydroxylation sites is 1. The van der Waals surface area contributed by atoms with Crippen LogP contribution in [0.25, 0.3) is 10.8 Å². The maximum Gasteiger partial charge on any atom is 0.264 e. The number of hydrogen-bond acceptors (Lipinski definition) is 5. The smallest absolute Gasteiger partial charge is 0.264 e. The molecule has 0 saturated carbocycles. The summed E-state index contributed by atoms with van der Waals surface area (Å²) in [6.45, 7) is 1.44. The minimum atomic E-state index is -1.85. The molecule has 1 aliphatic carbocycles. The van der Waals surface area contributed by atoms with Crippen LogP contribution < -0.4 is 4.90 Å². The Kier molecular flexibility index (Phi) is 5.41. The van der Waals surface area contributed by atoms with Gasteiger partial charge in [-0.25, -0.2) is 0 Å². The molecule has 2 amide bonds. The van der Waals surface area contributed by atoms with E-state index >= 15 is 0 Å². The van der Waals surface area contributed by atoms with Crippen molar-refractivity contribution in [1.29, 1.82) is 0 Å². The summed E-state index contributed by atoms with van der Waals surface area (Å²) in [6, 6.07) is 19.4. The molecule has 6 rings (SSSR count). The average Bonchev–Trinajstić information content (AvgIpc) is 3.29. The number of fused-ring (bicyclic) bond motifs is 1. The number of likely N-dealkylation sites (tertiary alicyclic amines) is 1. The first-order chi connectivity index (χ1) is 17.3. The molecule has 186 valence electrons. The van der Waals surface area contributed by atoms with E-state index in [1.54, 1.807) is 31.1 Å². The minimum absolute atomic E-state index is 0.0879. The maximum absolute atomic E-state index is 13.7. The summed E-state index contributed by atoms with van der Waals surface area (Å²) >= 11 is 0. The highest BCUT2D eigenvalue weighted by atomic mass is 16.3. The number of benzene rings is 3. The Morgan fingerprint density at radius 2 is 1.67 bits per heavy atom. The molecule has 2 unspecified atom stereocenters. The molecule has 0 radical (unpaired) electrons. The van der Waals surface area contributed by atoms with Crippen molar-refractivity contribution in [3.8, 4) is 0 Å². The SMILES string of the molecule is CN(C)C(=O)CC1(O)C(=O)N(C2CCN(C3c4cccc5cccc(c45)[C@@H]3O)CC2)c2ccccc21. The van der Waals surface area contributed by atoms with Gasteiger partial charge in [0.05, 0.1) is 24.3 Å². The second kappa shape index (κ2) is 8.40. The van der Waals surface area contributed by atoms with Crippen LogP contribution >= 0.6 is 0 Å². The Hall–Kier alpha value is -3.26. The number of aliphatic hydroxyl groups excluding tert-OH is 1. The molecule has 2 N–H and O–H groups in total. The third kappa shape index (κ3) is 3.30. The number of nitrogens with zero attached hydrogens (tertiary/aromatic N) is 3. The van der Waals surface area contributed by atoms with Crippen molar-refractivity contribution in [3.63, 3.8) is 0 Å². The minimum Gasteiger partial charge on any atom is -0.386 e. The molecule has 3 atom stereocenters. The zero-order chi connectivity index (χ0) is 25.2. The highest BCUT2D eigenvalue weighted by Gasteiger charge is 2.53. The summed E-state index contributed by atoms with van der Waals surface area (Å²) in [5.74, 6) is -0.711. The van der Waals surface area contributed by atoms with Crippen LogP contribution in [0.5, 0.6) is 0 Å². The van der Waals surface area contributed by atoms with E-state index in [2.05, 4.69) is 29.2 Å². The Morgan fingerprint density at radius 1 is 1.00 bits per heavy atom. The van der Waals surface area contributed by atoms with Gasteiger partial charge in [0.2, 0.25) is 5.91 Å². The zero-order valence-corrected chi connectivity index (χ0v) is 20.6. The molecule has 1 saturated heterocycles. The lowest BCUT2D eigenvalue weighted by atomic mass is 9.91. The van der Waals surface area contributed by atoms with Gasteiger partial charge in [-0.05, 0) is 40.8 Å². The van der Waals surface area contributed by atoms with Crippen LogP contribution in [0.15, 0.2) is 60.7 Å². The van der Waals surface area contributed by atoms with Gasteiger partial charge in [-0.3, -0.25) is 14.5 Å². The van der Waals surface area contributed by atoms with Crippen molar-refractivity contribution < 1.29 is 19.8 Å². The molecule has 36 heavy (non-hydrogen) atoms. The number of amides is 2. The summed E-state index contributed by atoms with van der Waals surface area (Å²) in [5.41, 5.74) is 1.48. The molecule has 3 aliphatic rings.